The largest absolute Gasteiger partial charge is 0.378 e. The molecule has 2 aromatic rings. The fourth-order valence-electron chi connectivity index (χ4n) is 2.44. The quantitative estimate of drug-likeness (QED) is 0.938. The van der Waals surface area contributed by atoms with Crippen LogP contribution in [-0.4, -0.2) is 37.2 Å². The van der Waals surface area contributed by atoms with Crippen LogP contribution in [0.5, 0.6) is 0 Å². The summed E-state index contributed by atoms with van der Waals surface area (Å²) in [5.74, 6) is -0.246. The molecule has 0 spiro atoms. The van der Waals surface area contributed by atoms with Crippen molar-refractivity contribution in [2.24, 2.45) is 0 Å². The zero-order valence-electron chi connectivity index (χ0n) is 12.9. The lowest BCUT2D eigenvalue weighted by atomic mass is 10.2. The predicted molar refractivity (Wildman–Crippen MR) is 91.4 cm³/mol. The second-order valence-corrected chi connectivity index (χ2v) is 5.85. The van der Waals surface area contributed by atoms with Crippen molar-refractivity contribution in [3.05, 3.63) is 52.8 Å². The molecule has 0 bridgehead atoms. The van der Waals surface area contributed by atoms with E-state index < -0.39 is 0 Å². The van der Waals surface area contributed by atoms with E-state index in [0.29, 0.717) is 16.4 Å². The van der Waals surface area contributed by atoms with E-state index in [1.54, 1.807) is 24.4 Å². The van der Waals surface area contributed by atoms with Crippen molar-refractivity contribution < 1.29 is 9.53 Å². The summed E-state index contributed by atoms with van der Waals surface area (Å²) in [5.41, 5.74) is 3.03. The van der Waals surface area contributed by atoms with Crippen LogP contribution in [-0.2, 0) is 4.74 Å². The Bertz CT molecular complexity index is 697. The number of hydrogen-bond donors (Lipinski definition) is 1. The molecule has 6 heteroatoms. The maximum absolute atomic E-state index is 12.3. The van der Waals surface area contributed by atoms with Gasteiger partial charge in [-0.15, -0.1) is 0 Å². The third kappa shape index (κ3) is 3.81. The smallest absolute Gasteiger partial charge is 0.274 e. The molecule has 23 heavy (non-hydrogen) atoms. The molecule has 0 radical (unpaired) electrons. The highest BCUT2D eigenvalue weighted by Gasteiger charge is 2.14. The molecule has 1 saturated heterocycles. The molecule has 0 atom stereocenters. The van der Waals surface area contributed by atoms with Crippen LogP contribution in [0.15, 0.2) is 36.5 Å². The molecule has 1 aliphatic heterocycles. The van der Waals surface area contributed by atoms with Crippen molar-refractivity contribution in [3.63, 3.8) is 0 Å². The van der Waals surface area contributed by atoms with Crippen LogP contribution in [0.4, 0.5) is 11.4 Å². The first-order valence-corrected chi connectivity index (χ1v) is 7.87. The minimum Gasteiger partial charge on any atom is -0.378 e. The predicted octanol–water partition coefficient (Wildman–Crippen LogP) is 3.13. The van der Waals surface area contributed by atoms with E-state index in [-0.39, 0.29) is 5.91 Å². The number of amides is 1. The average molecular weight is 332 g/mol. The number of morpholine rings is 1. The number of halogens is 1. The van der Waals surface area contributed by atoms with Gasteiger partial charge in [-0.1, -0.05) is 17.7 Å². The second-order valence-electron chi connectivity index (χ2n) is 5.41. The van der Waals surface area contributed by atoms with Crippen molar-refractivity contribution in [1.29, 1.82) is 0 Å². The molecular weight excluding hydrogens is 314 g/mol. The monoisotopic (exact) mass is 331 g/mol. The lowest BCUT2D eigenvalue weighted by Crippen LogP contribution is -2.36. The van der Waals surface area contributed by atoms with Crippen LogP contribution >= 0.6 is 11.6 Å². The van der Waals surface area contributed by atoms with Gasteiger partial charge in [0.2, 0.25) is 0 Å². The van der Waals surface area contributed by atoms with Gasteiger partial charge in [0, 0.05) is 23.8 Å². The van der Waals surface area contributed by atoms with Crippen LogP contribution in [0.25, 0.3) is 0 Å². The molecule has 2 heterocycles. The van der Waals surface area contributed by atoms with Crippen LogP contribution in [0, 0.1) is 6.92 Å². The standard InChI is InChI=1S/C17H18ClN3O2/c1-12-2-3-13(18)10-16(12)20-17(22)15-5-4-14(11-19-15)21-6-8-23-9-7-21/h2-5,10-11H,6-9H2,1H3,(H,20,22). The SMILES string of the molecule is Cc1ccc(Cl)cc1NC(=O)c1ccc(N2CCOCC2)cn1. The number of carbonyl (C=O) groups is 1. The van der Waals surface area contributed by atoms with Crippen LogP contribution in [0.1, 0.15) is 16.1 Å². The van der Waals surface area contributed by atoms with E-state index in [9.17, 15) is 4.79 Å². The number of aryl methyl sites for hydroxylation is 1. The summed E-state index contributed by atoms with van der Waals surface area (Å²) >= 11 is 5.97. The number of benzene rings is 1. The molecule has 1 aromatic carbocycles. The average Bonchev–Trinajstić information content (AvgIpc) is 2.59. The summed E-state index contributed by atoms with van der Waals surface area (Å²) in [6, 6.07) is 9.05. The van der Waals surface area contributed by atoms with E-state index in [2.05, 4.69) is 15.2 Å². The minimum atomic E-state index is -0.246. The van der Waals surface area contributed by atoms with E-state index in [1.807, 2.05) is 19.1 Å². The molecule has 3 rings (SSSR count). The van der Waals surface area contributed by atoms with Crippen molar-refractivity contribution in [2.75, 3.05) is 36.5 Å². The molecule has 5 nitrogen and oxygen atoms in total. The maximum atomic E-state index is 12.3. The van der Waals surface area contributed by atoms with Gasteiger partial charge in [-0.25, -0.2) is 4.98 Å². The van der Waals surface area contributed by atoms with Crippen LogP contribution in [0.3, 0.4) is 0 Å². The Labute approximate surface area is 140 Å². The van der Waals surface area contributed by atoms with Gasteiger partial charge in [-0.3, -0.25) is 4.79 Å². The Kier molecular flexibility index (Phi) is 4.79. The van der Waals surface area contributed by atoms with Crippen LogP contribution in [0.2, 0.25) is 5.02 Å². The minimum absolute atomic E-state index is 0.246. The van der Waals surface area contributed by atoms with Crippen molar-refractivity contribution >= 4 is 28.9 Å². The zero-order valence-corrected chi connectivity index (χ0v) is 13.6. The summed E-state index contributed by atoms with van der Waals surface area (Å²) in [5, 5.41) is 3.43. The van der Waals surface area contributed by atoms with E-state index in [0.717, 1.165) is 37.6 Å². The highest BCUT2D eigenvalue weighted by Crippen LogP contribution is 2.21. The molecule has 1 aromatic heterocycles. The molecule has 1 amide bonds. The first-order chi connectivity index (χ1) is 11.1. The maximum Gasteiger partial charge on any atom is 0.274 e. The first-order valence-electron chi connectivity index (χ1n) is 7.50. The number of ether oxygens (including phenoxy) is 1. The summed E-state index contributed by atoms with van der Waals surface area (Å²) in [4.78, 5) is 18.8. The topological polar surface area (TPSA) is 54.5 Å². The molecule has 120 valence electrons. The Balaban J connectivity index is 1.71. The molecular formula is C17H18ClN3O2. The Morgan fingerprint density at radius 3 is 2.74 bits per heavy atom. The molecule has 0 aliphatic carbocycles. The zero-order chi connectivity index (χ0) is 16.2. The Morgan fingerprint density at radius 1 is 1.26 bits per heavy atom. The van der Waals surface area contributed by atoms with Gasteiger partial charge in [-0.05, 0) is 36.8 Å². The third-order valence-corrected chi connectivity index (χ3v) is 4.04. The van der Waals surface area contributed by atoms with Crippen molar-refractivity contribution in [3.8, 4) is 0 Å². The highest BCUT2D eigenvalue weighted by atomic mass is 35.5. The third-order valence-electron chi connectivity index (χ3n) is 3.80. The number of pyridine rings is 1. The Morgan fingerprint density at radius 2 is 2.04 bits per heavy atom. The fraction of sp³-hybridized carbons (Fsp3) is 0.294. The van der Waals surface area contributed by atoms with Crippen LogP contribution < -0.4 is 10.2 Å². The van der Waals surface area contributed by atoms with Gasteiger partial charge in [0.1, 0.15) is 5.69 Å². The number of nitrogens with one attached hydrogen (secondary N) is 1. The van der Waals surface area contributed by atoms with E-state index in [4.69, 9.17) is 16.3 Å². The summed E-state index contributed by atoms with van der Waals surface area (Å²) in [7, 11) is 0. The number of aromatic nitrogens is 1. The molecule has 0 unspecified atom stereocenters. The highest BCUT2D eigenvalue weighted by molar-refractivity contribution is 6.31. The summed E-state index contributed by atoms with van der Waals surface area (Å²) in [6.07, 6.45) is 1.73. The van der Waals surface area contributed by atoms with Crippen molar-refractivity contribution in [1.82, 2.24) is 4.98 Å². The van der Waals surface area contributed by atoms with Gasteiger partial charge in [0.05, 0.1) is 25.1 Å². The molecule has 1 fully saturated rings. The fourth-order valence-corrected chi connectivity index (χ4v) is 2.62. The number of hydrogen-bond acceptors (Lipinski definition) is 4. The number of carbonyl (C=O) groups excluding carboxylic acids is 1. The van der Waals surface area contributed by atoms with Gasteiger partial charge >= 0.3 is 0 Å². The van der Waals surface area contributed by atoms with Crippen molar-refractivity contribution in [2.45, 2.75) is 6.92 Å². The first kappa shape index (κ1) is 15.8. The lowest BCUT2D eigenvalue weighted by molar-refractivity contribution is 0.102. The molecule has 0 saturated carbocycles. The number of rotatable bonds is 3. The lowest BCUT2D eigenvalue weighted by Gasteiger charge is -2.28. The summed E-state index contributed by atoms with van der Waals surface area (Å²) in [6.45, 7) is 5.04. The van der Waals surface area contributed by atoms with E-state index in [1.165, 1.54) is 0 Å². The molecule has 1 aliphatic rings. The second kappa shape index (κ2) is 6.98. The Hall–Kier alpha value is -2.11. The van der Waals surface area contributed by atoms with E-state index >= 15 is 0 Å². The normalized spacial score (nSPS) is 14.6. The summed E-state index contributed by atoms with van der Waals surface area (Å²) < 4.78 is 5.33. The van der Waals surface area contributed by atoms with Gasteiger partial charge in [0.15, 0.2) is 0 Å². The molecule has 1 N–H and O–H groups in total. The van der Waals surface area contributed by atoms with Gasteiger partial charge in [0.25, 0.3) is 5.91 Å². The van der Waals surface area contributed by atoms with Gasteiger partial charge < -0.3 is 15.0 Å². The number of nitrogens with zero attached hydrogens (tertiary/aromatic N) is 2. The van der Waals surface area contributed by atoms with Gasteiger partial charge in [-0.2, -0.15) is 0 Å². The number of anilines is 2.